The summed E-state index contributed by atoms with van der Waals surface area (Å²) in [5.41, 5.74) is 1.19. The normalized spacial score (nSPS) is 10.2. The minimum absolute atomic E-state index is 0.00596. The molecule has 0 N–H and O–H groups in total. The highest BCUT2D eigenvalue weighted by molar-refractivity contribution is 5.92. The molecule has 8 nitrogen and oxygen atoms in total. The molecule has 3 rings (SSSR count). The van der Waals surface area contributed by atoms with E-state index in [2.05, 4.69) is 10.2 Å². The number of nitro groups is 1. The summed E-state index contributed by atoms with van der Waals surface area (Å²) < 4.78 is 10.0. The number of nitrogens with zero attached hydrogens (tertiary/aromatic N) is 3. The van der Waals surface area contributed by atoms with Crippen molar-refractivity contribution in [1.29, 1.82) is 0 Å². The van der Waals surface area contributed by atoms with Crippen LogP contribution in [0.1, 0.15) is 10.4 Å². The molecule has 0 atom stereocenters. The third kappa shape index (κ3) is 3.64. The van der Waals surface area contributed by atoms with E-state index >= 15 is 0 Å². The van der Waals surface area contributed by atoms with Crippen LogP contribution in [-0.2, 0) is 0 Å². The highest BCUT2D eigenvalue weighted by atomic mass is 16.6. The van der Waals surface area contributed by atoms with Gasteiger partial charge >= 0.3 is 11.7 Å². The zero-order chi connectivity index (χ0) is 18.5. The Labute approximate surface area is 148 Å². The van der Waals surface area contributed by atoms with Crippen LogP contribution in [0.15, 0.2) is 60.7 Å². The summed E-state index contributed by atoms with van der Waals surface area (Å²) in [4.78, 5) is 22.6. The van der Waals surface area contributed by atoms with Crippen LogP contribution in [0.25, 0.3) is 11.3 Å². The number of rotatable bonds is 5. The number of aromatic nitrogens is 2. The maximum atomic E-state index is 12.2. The quantitative estimate of drug-likeness (QED) is 0.394. The summed E-state index contributed by atoms with van der Waals surface area (Å²) in [7, 11) is 1.31. The number of nitro benzene ring substituents is 1. The zero-order valence-corrected chi connectivity index (χ0v) is 13.7. The highest BCUT2D eigenvalue weighted by Crippen LogP contribution is 2.28. The Morgan fingerprint density at radius 2 is 1.81 bits per heavy atom. The molecular formula is C18H13N3O5. The molecule has 1 heterocycles. The number of ether oxygens (including phenoxy) is 2. The fourth-order valence-electron chi connectivity index (χ4n) is 2.25. The molecule has 8 heteroatoms. The van der Waals surface area contributed by atoms with Crippen LogP contribution < -0.4 is 9.47 Å². The summed E-state index contributed by atoms with van der Waals surface area (Å²) in [5, 5.41) is 18.9. The molecule has 130 valence electrons. The van der Waals surface area contributed by atoms with Gasteiger partial charge in [0.15, 0.2) is 5.75 Å². The number of hydrogen-bond donors (Lipinski definition) is 0. The molecular weight excluding hydrogens is 338 g/mol. The number of methoxy groups -OCH3 is 1. The smallest absolute Gasteiger partial charge is 0.345 e. The van der Waals surface area contributed by atoms with E-state index in [9.17, 15) is 14.9 Å². The van der Waals surface area contributed by atoms with Crippen molar-refractivity contribution in [3.63, 3.8) is 0 Å². The summed E-state index contributed by atoms with van der Waals surface area (Å²) in [6.07, 6.45) is 0. The molecule has 1 aromatic heterocycles. The lowest BCUT2D eigenvalue weighted by molar-refractivity contribution is -0.385. The summed E-state index contributed by atoms with van der Waals surface area (Å²) in [6, 6.07) is 16.4. The predicted molar refractivity (Wildman–Crippen MR) is 92.1 cm³/mol. The van der Waals surface area contributed by atoms with Crippen LogP contribution in [0.3, 0.4) is 0 Å². The molecule has 0 aliphatic rings. The maximum absolute atomic E-state index is 12.2. The molecule has 0 bridgehead atoms. The van der Waals surface area contributed by atoms with Gasteiger partial charge in [0.05, 0.1) is 23.3 Å². The van der Waals surface area contributed by atoms with E-state index in [1.165, 1.54) is 25.3 Å². The second-order valence-corrected chi connectivity index (χ2v) is 5.16. The Kier molecular flexibility index (Phi) is 4.84. The average Bonchev–Trinajstić information content (AvgIpc) is 2.68. The summed E-state index contributed by atoms with van der Waals surface area (Å²) in [5.74, 6) is -0.732. The van der Waals surface area contributed by atoms with E-state index in [1.807, 2.05) is 30.3 Å². The van der Waals surface area contributed by atoms with Crippen LogP contribution >= 0.6 is 0 Å². The number of esters is 1. The number of carbonyl (C=O) groups excluding carboxylic acids is 1. The number of carbonyl (C=O) groups is 1. The van der Waals surface area contributed by atoms with Gasteiger partial charge in [0.2, 0.25) is 5.88 Å². The SMILES string of the molecule is COc1ccc(C(=O)Oc2ccc(-c3ccccc3)nn2)cc1[N+](=O)[O-]. The largest absolute Gasteiger partial charge is 0.490 e. The molecule has 0 saturated carbocycles. The first kappa shape index (κ1) is 17.0. The van der Waals surface area contributed by atoms with Crippen molar-refractivity contribution in [2.24, 2.45) is 0 Å². The minimum atomic E-state index is -0.780. The Balaban J connectivity index is 1.78. The fraction of sp³-hybridized carbons (Fsp3) is 0.0556. The predicted octanol–water partition coefficient (Wildman–Crippen LogP) is 3.28. The van der Waals surface area contributed by atoms with Gasteiger partial charge < -0.3 is 9.47 Å². The van der Waals surface area contributed by atoms with Gasteiger partial charge in [0.1, 0.15) is 0 Å². The van der Waals surface area contributed by atoms with E-state index in [0.717, 1.165) is 11.6 Å². The Morgan fingerprint density at radius 3 is 2.42 bits per heavy atom. The fourth-order valence-corrected chi connectivity index (χ4v) is 2.25. The van der Waals surface area contributed by atoms with Crippen molar-refractivity contribution in [3.8, 4) is 22.9 Å². The van der Waals surface area contributed by atoms with E-state index in [4.69, 9.17) is 9.47 Å². The van der Waals surface area contributed by atoms with Crippen molar-refractivity contribution < 1.29 is 19.2 Å². The Hall–Kier alpha value is -3.81. The first-order valence-corrected chi connectivity index (χ1v) is 7.52. The van der Waals surface area contributed by atoms with Crippen LogP contribution in [0.5, 0.6) is 11.6 Å². The van der Waals surface area contributed by atoms with Crippen LogP contribution in [-0.4, -0.2) is 28.2 Å². The van der Waals surface area contributed by atoms with Gasteiger partial charge in [-0.05, 0) is 18.2 Å². The van der Waals surface area contributed by atoms with Crippen molar-refractivity contribution in [3.05, 3.63) is 76.3 Å². The lowest BCUT2D eigenvalue weighted by Gasteiger charge is -2.06. The second-order valence-electron chi connectivity index (χ2n) is 5.16. The van der Waals surface area contributed by atoms with E-state index in [0.29, 0.717) is 5.69 Å². The average molecular weight is 351 g/mol. The van der Waals surface area contributed by atoms with Crippen molar-refractivity contribution in [2.45, 2.75) is 0 Å². The number of hydrogen-bond acceptors (Lipinski definition) is 7. The molecule has 0 amide bonds. The molecule has 0 saturated heterocycles. The third-order valence-corrected chi connectivity index (χ3v) is 3.52. The standard InChI is InChI=1S/C18H13N3O5/c1-25-16-9-7-13(11-15(16)21(23)24)18(22)26-17-10-8-14(19-20-17)12-5-3-2-4-6-12/h2-11H,1H3. The van der Waals surface area contributed by atoms with E-state index < -0.39 is 10.9 Å². The first-order chi connectivity index (χ1) is 12.6. The van der Waals surface area contributed by atoms with Gasteiger partial charge in [0, 0.05) is 17.7 Å². The second kappa shape index (κ2) is 7.39. The first-order valence-electron chi connectivity index (χ1n) is 7.52. The molecule has 2 aromatic carbocycles. The van der Waals surface area contributed by atoms with Crippen molar-refractivity contribution >= 4 is 11.7 Å². The van der Waals surface area contributed by atoms with Gasteiger partial charge in [0.25, 0.3) is 0 Å². The Bertz CT molecular complexity index is 943. The van der Waals surface area contributed by atoms with E-state index in [-0.39, 0.29) is 22.9 Å². The summed E-state index contributed by atoms with van der Waals surface area (Å²) >= 11 is 0. The van der Waals surface area contributed by atoms with Crippen LogP contribution in [0.2, 0.25) is 0 Å². The van der Waals surface area contributed by atoms with Crippen molar-refractivity contribution in [1.82, 2.24) is 10.2 Å². The molecule has 0 spiro atoms. The lowest BCUT2D eigenvalue weighted by atomic mass is 10.1. The minimum Gasteiger partial charge on any atom is -0.490 e. The van der Waals surface area contributed by atoms with Gasteiger partial charge in [-0.25, -0.2) is 4.79 Å². The van der Waals surface area contributed by atoms with E-state index in [1.54, 1.807) is 6.07 Å². The molecule has 0 fully saturated rings. The highest BCUT2D eigenvalue weighted by Gasteiger charge is 2.19. The molecule has 0 aliphatic heterocycles. The molecule has 0 unspecified atom stereocenters. The number of benzene rings is 2. The monoisotopic (exact) mass is 351 g/mol. The molecule has 0 radical (unpaired) electrons. The molecule has 26 heavy (non-hydrogen) atoms. The molecule has 3 aromatic rings. The van der Waals surface area contributed by atoms with Gasteiger partial charge in [-0.1, -0.05) is 30.3 Å². The topological polar surface area (TPSA) is 104 Å². The maximum Gasteiger partial charge on any atom is 0.345 e. The van der Waals surface area contributed by atoms with Crippen LogP contribution in [0, 0.1) is 10.1 Å². The van der Waals surface area contributed by atoms with Gasteiger partial charge in [-0.15, -0.1) is 10.2 Å². The third-order valence-electron chi connectivity index (χ3n) is 3.52. The zero-order valence-electron chi connectivity index (χ0n) is 13.7. The van der Waals surface area contributed by atoms with Crippen molar-refractivity contribution in [2.75, 3.05) is 7.11 Å². The Morgan fingerprint density at radius 1 is 1.04 bits per heavy atom. The van der Waals surface area contributed by atoms with Crippen LogP contribution in [0.4, 0.5) is 5.69 Å². The summed E-state index contributed by atoms with van der Waals surface area (Å²) in [6.45, 7) is 0. The van der Waals surface area contributed by atoms with Gasteiger partial charge in [-0.2, -0.15) is 0 Å². The lowest BCUT2D eigenvalue weighted by Crippen LogP contribution is -2.10. The van der Waals surface area contributed by atoms with Gasteiger partial charge in [-0.3, -0.25) is 10.1 Å². The molecule has 0 aliphatic carbocycles.